The van der Waals surface area contributed by atoms with E-state index in [2.05, 4.69) is 4.90 Å². The fourth-order valence-electron chi connectivity index (χ4n) is 2.71. The quantitative estimate of drug-likeness (QED) is 0.810. The van der Waals surface area contributed by atoms with Gasteiger partial charge in [-0.15, -0.1) is 11.3 Å². The van der Waals surface area contributed by atoms with E-state index in [0.717, 1.165) is 29.1 Å². The first-order chi connectivity index (χ1) is 11.1. The summed E-state index contributed by atoms with van der Waals surface area (Å²) < 4.78 is 0. The molecule has 1 saturated heterocycles. The Hall–Kier alpha value is -1.98. The van der Waals surface area contributed by atoms with Gasteiger partial charge in [0.1, 0.15) is 0 Å². The summed E-state index contributed by atoms with van der Waals surface area (Å²) in [6, 6.07) is 11.4. The zero-order valence-corrected chi connectivity index (χ0v) is 14.0. The molecular formula is C18H20N2O2S. The fraction of sp³-hybridized carbons (Fsp3) is 0.333. The molecule has 0 unspecified atom stereocenters. The Morgan fingerprint density at radius 2 is 1.74 bits per heavy atom. The molecule has 5 heteroatoms. The lowest BCUT2D eigenvalue weighted by Crippen LogP contribution is -2.49. The third kappa shape index (κ3) is 3.86. The number of piperazine rings is 1. The molecule has 1 amide bonds. The largest absolute Gasteiger partial charge is 0.336 e. The third-order valence-corrected chi connectivity index (χ3v) is 5.03. The van der Waals surface area contributed by atoms with E-state index in [1.165, 1.54) is 11.3 Å². The summed E-state index contributed by atoms with van der Waals surface area (Å²) in [7, 11) is 0. The highest BCUT2D eigenvalue weighted by atomic mass is 32.1. The van der Waals surface area contributed by atoms with E-state index in [9.17, 15) is 9.59 Å². The van der Waals surface area contributed by atoms with Crippen LogP contribution in [0.3, 0.4) is 0 Å². The summed E-state index contributed by atoms with van der Waals surface area (Å²) in [4.78, 5) is 29.4. The highest BCUT2D eigenvalue weighted by Gasteiger charge is 2.23. The lowest BCUT2D eigenvalue weighted by molar-refractivity contribution is 0.0625. The molecule has 0 atom stereocenters. The second kappa shape index (κ2) is 7.06. The molecule has 0 bridgehead atoms. The van der Waals surface area contributed by atoms with Crippen LogP contribution in [0.5, 0.6) is 0 Å². The highest BCUT2D eigenvalue weighted by molar-refractivity contribution is 7.12. The van der Waals surface area contributed by atoms with Crippen LogP contribution in [0.25, 0.3) is 0 Å². The van der Waals surface area contributed by atoms with E-state index in [4.69, 9.17) is 0 Å². The second-order valence-corrected chi connectivity index (χ2v) is 6.78. The van der Waals surface area contributed by atoms with Crippen LogP contribution in [-0.2, 0) is 0 Å². The molecule has 1 aromatic carbocycles. The van der Waals surface area contributed by atoms with Gasteiger partial charge in [0.15, 0.2) is 5.78 Å². The zero-order valence-electron chi connectivity index (χ0n) is 13.2. The minimum absolute atomic E-state index is 0.0780. The van der Waals surface area contributed by atoms with E-state index in [1.807, 2.05) is 53.6 Å². The van der Waals surface area contributed by atoms with Gasteiger partial charge in [-0.1, -0.05) is 23.8 Å². The Bertz CT molecular complexity index is 672. The third-order valence-electron chi connectivity index (χ3n) is 4.12. The molecule has 0 spiro atoms. The van der Waals surface area contributed by atoms with E-state index in [0.29, 0.717) is 19.6 Å². The average Bonchev–Trinajstić information content (AvgIpc) is 3.10. The molecule has 2 aromatic rings. The maximum Gasteiger partial charge on any atom is 0.253 e. The Kier molecular flexibility index (Phi) is 4.88. The van der Waals surface area contributed by atoms with Crippen LogP contribution in [0.15, 0.2) is 41.8 Å². The number of thiophene rings is 1. The highest BCUT2D eigenvalue weighted by Crippen LogP contribution is 2.13. The number of carbonyl (C=O) groups is 2. The Labute approximate surface area is 140 Å². The van der Waals surface area contributed by atoms with Crippen LogP contribution < -0.4 is 0 Å². The van der Waals surface area contributed by atoms with Crippen LogP contribution in [0, 0.1) is 6.92 Å². The van der Waals surface area contributed by atoms with Crippen molar-refractivity contribution in [2.75, 3.05) is 32.7 Å². The Balaban J connectivity index is 1.53. The number of carbonyl (C=O) groups excluding carboxylic acids is 2. The molecule has 3 rings (SSSR count). The molecule has 1 aromatic heterocycles. The molecule has 2 heterocycles. The van der Waals surface area contributed by atoms with Gasteiger partial charge in [0.05, 0.1) is 11.4 Å². The Morgan fingerprint density at radius 1 is 1.04 bits per heavy atom. The summed E-state index contributed by atoms with van der Waals surface area (Å²) in [6.07, 6.45) is 0. The number of aryl methyl sites for hydroxylation is 1. The topological polar surface area (TPSA) is 40.6 Å². The summed E-state index contributed by atoms with van der Waals surface area (Å²) in [5.41, 5.74) is 1.89. The number of amides is 1. The predicted molar refractivity (Wildman–Crippen MR) is 92.2 cm³/mol. The minimum Gasteiger partial charge on any atom is -0.336 e. The molecule has 23 heavy (non-hydrogen) atoms. The maximum atomic E-state index is 12.5. The molecule has 0 aliphatic carbocycles. The normalized spacial score (nSPS) is 15.6. The molecule has 0 N–H and O–H groups in total. The summed E-state index contributed by atoms with van der Waals surface area (Å²) in [5.74, 6) is 0.243. The molecule has 0 saturated carbocycles. The van der Waals surface area contributed by atoms with Gasteiger partial charge in [-0.2, -0.15) is 0 Å². The lowest BCUT2D eigenvalue weighted by atomic mass is 10.1. The van der Waals surface area contributed by atoms with Crippen molar-refractivity contribution in [3.63, 3.8) is 0 Å². The standard InChI is InChI=1S/C18H20N2O2S/c1-14-4-6-15(7-5-14)18(22)20-10-8-19(9-11-20)13-16(21)17-3-2-12-23-17/h2-7,12H,8-11,13H2,1H3. The van der Waals surface area contributed by atoms with Gasteiger partial charge < -0.3 is 4.90 Å². The average molecular weight is 328 g/mol. The zero-order chi connectivity index (χ0) is 16.2. The van der Waals surface area contributed by atoms with Crippen molar-refractivity contribution in [3.05, 3.63) is 57.8 Å². The van der Waals surface area contributed by atoms with Crippen molar-refractivity contribution in [3.8, 4) is 0 Å². The number of hydrogen-bond donors (Lipinski definition) is 0. The summed E-state index contributed by atoms with van der Waals surface area (Å²) in [6.45, 7) is 5.28. The van der Waals surface area contributed by atoms with Crippen molar-refractivity contribution in [1.29, 1.82) is 0 Å². The van der Waals surface area contributed by atoms with E-state index >= 15 is 0 Å². The first-order valence-corrected chi connectivity index (χ1v) is 8.66. The van der Waals surface area contributed by atoms with Gasteiger partial charge in [-0.05, 0) is 30.5 Å². The molecule has 1 aliphatic rings. The molecule has 1 aliphatic heterocycles. The van der Waals surface area contributed by atoms with Gasteiger partial charge in [-0.25, -0.2) is 0 Å². The van der Waals surface area contributed by atoms with Crippen molar-refractivity contribution < 1.29 is 9.59 Å². The summed E-state index contributed by atoms with van der Waals surface area (Å²) >= 11 is 1.48. The first kappa shape index (κ1) is 15.9. The van der Waals surface area contributed by atoms with Crippen LogP contribution in [0.2, 0.25) is 0 Å². The van der Waals surface area contributed by atoms with Crippen molar-refractivity contribution in [2.24, 2.45) is 0 Å². The van der Waals surface area contributed by atoms with Crippen LogP contribution in [0.1, 0.15) is 25.6 Å². The molecule has 120 valence electrons. The second-order valence-electron chi connectivity index (χ2n) is 5.83. The van der Waals surface area contributed by atoms with Gasteiger partial charge in [0.2, 0.25) is 0 Å². The number of hydrogen-bond acceptors (Lipinski definition) is 4. The van der Waals surface area contributed by atoms with E-state index in [-0.39, 0.29) is 11.7 Å². The smallest absolute Gasteiger partial charge is 0.253 e. The first-order valence-electron chi connectivity index (χ1n) is 7.78. The number of Topliss-reactive ketones (excluding diaryl/α,β-unsaturated/α-hetero) is 1. The number of rotatable bonds is 4. The van der Waals surface area contributed by atoms with Gasteiger partial charge in [0, 0.05) is 31.7 Å². The van der Waals surface area contributed by atoms with Crippen LogP contribution in [-0.4, -0.2) is 54.2 Å². The van der Waals surface area contributed by atoms with Crippen molar-refractivity contribution in [1.82, 2.24) is 9.80 Å². The Morgan fingerprint density at radius 3 is 2.35 bits per heavy atom. The fourth-order valence-corrected chi connectivity index (χ4v) is 3.36. The number of ketones is 1. The molecule has 4 nitrogen and oxygen atoms in total. The maximum absolute atomic E-state index is 12.5. The number of nitrogens with zero attached hydrogens (tertiary/aromatic N) is 2. The van der Waals surface area contributed by atoms with Gasteiger partial charge >= 0.3 is 0 Å². The molecule has 1 fully saturated rings. The van der Waals surface area contributed by atoms with Crippen LogP contribution >= 0.6 is 11.3 Å². The van der Waals surface area contributed by atoms with Crippen LogP contribution in [0.4, 0.5) is 0 Å². The monoisotopic (exact) mass is 328 g/mol. The SMILES string of the molecule is Cc1ccc(C(=O)N2CCN(CC(=O)c3cccs3)CC2)cc1. The van der Waals surface area contributed by atoms with Crippen molar-refractivity contribution >= 4 is 23.0 Å². The molecule has 0 radical (unpaired) electrons. The van der Waals surface area contributed by atoms with E-state index in [1.54, 1.807) is 0 Å². The van der Waals surface area contributed by atoms with Gasteiger partial charge in [0.25, 0.3) is 5.91 Å². The number of benzene rings is 1. The molecular weight excluding hydrogens is 308 g/mol. The van der Waals surface area contributed by atoms with Gasteiger partial charge in [-0.3, -0.25) is 14.5 Å². The lowest BCUT2D eigenvalue weighted by Gasteiger charge is -2.34. The summed E-state index contributed by atoms with van der Waals surface area (Å²) in [5, 5.41) is 1.92. The predicted octanol–water partition coefficient (Wildman–Crippen LogP) is 2.70. The van der Waals surface area contributed by atoms with Crippen molar-refractivity contribution in [2.45, 2.75) is 6.92 Å². The minimum atomic E-state index is 0.0780. The van der Waals surface area contributed by atoms with E-state index < -0.39 is 0 Å².